The van der Waals surface area contributed by atoms with Crippen molar-refractivity contribution in [2.24, 2.45) is 5.92 Å². The van der Waals surface area contributed by atoms with Gasteiger partial charge >= 0.3 is 5.97 Å². The highest BCUT2D eigenvalue weighted by Crippen LogP contribution is 2.20. The monoisotopic (exact) mass is 303 g/mol. The van der Waals surface area contributed by atoms with Crippen molar-refractivity contribution in [3.63, 3.8) is 0 Å². The average Bonchev–Trinajstić information content (AvgIpc) is 3.00. The van der Waals surface area contributed by atoms with Gasteiger partial charge in [-0.1, -0.05) is 12.2 Å². The fraction of sp³-hybridized carbons (Fsp3) is 0.412. The highest BCUT2D eigenvalue weighted by molar-refractivity contribution is 5.92. The third-order valence-electron chi connectivity index (χ3n) is 3.35. The SMILES string of the molecule is CCOc1ccc(NC(=O)COC(=O)C[C@@H]2C=CCC2)cc1. The van der Waals surface area contributed by atoms with Crippen molar-refractivity contribution in [2.45, 2.75) is 26.2 Å². The van der Waals surface area contributed by atoms with E-state index in [1.165, 1.54) is 0 Å². The maximum Gasteiger partial charge on any atom is 0.306 e. The van der Waals surface area contributed by atoms with Gasteiger partial charge in [0.15, 0.2) is 6.61 Å². The Morgan fingerprint density at radius 3 is 2.68 bits per heavy atom. The highest BCUT2D eigenvalue weighted by atomic mass is 16.5. The van der Waals surface area contributed by atoms with Crippen molar-refractivity contribution in [3.8, 4) is 5.75 Å². The summed E-state index contributed by atoms with van der Waals surface area (Å²) in [5.41, 5.74) is 0.642. The van der Waals surface area contributed by atoms with Crippen LogP contribution in [0.25, 0.3) is 0 Å². The third kappa shape index (κ3) is 5.24. The molecule has 1 aromatic carbocycles. The molecule has 1 aliphatic rings. The van der Waals surface area contributed by atoms with Gasteiger partial charge in [-0.3, -0.25) is 9.59 Å². The van der Waals surface area contributed by atoms with E-state index in [4.69, 9.17) is 9.47 Å². The lowest BCUT2D eigenvalue weighted by Crippen LogP contribution is -2.21. The summed E-state index contributed by atoms with van der Waals surface area (Å²) < 4.78 is 10.3. The zero-order valence-electron chi connectivity index (χ0n) is 12.7. The zero-order valence-corrected chi connectivity index (χ0v) is 12.7. The molecule has 1 atom stereocenters. The number of hydrogen-bond acceptors (Lipinski definition) is 4. The van der Waals surface area contributed by atoms with E-state index in [0.717, 1.165) is 18.6 Å². The summed E-state index contributed by atoms with van der Waals surface area (Å²) in [6.45, 7) is 2.24. The summed E-state index contributed by atoms with van der Waals surface area (Å²) in [6.07, 6.45) is 6.42. The molecule has 0 bridgehead atoms. The van der Waals surface area contributed by atoms with E-state index in [0.29, 0.717) is 18.7 Å². The van der Waals surface area contributed by atoms with Crippen LogP contribution in [-0.4, -0.2) is 25.1 Å². The van der Waals surface area contributed by atoms with E-state index in [1.807, 2.05) is 13.0 Å². The molecule has 22 heavy (non-hydrogen) atoms. The van der Waals surface area contributed by atoms with Gasteiger partial charge in [-0.05, 0) is 49.9 Å². The van der Waals surface area contributed by atoms with Crippen LogP contribution >= 0.6 is 0 Å². The Morgan fingerprint density at radius 2 is 2.05 bits per heavy atom. The number of benzene rings is 1. The van der Waals surface area contributed by atoms with Crippen LogP contribution in [0.15, 0.2) is 36.4 Å². The first kappa shape index (κ1) is 16.1. The number of amides is 1. The van der Waals surface area contributed by atoms with Gasteiger partial charge in [0.2, 0.25) is 0 Å². The predicted molar refractivity (Wildman–Crippen MR) is 83.7 cm³/mol. The van der Waals surface area contributed by atoms with E-state index >= 15 is 0 Å². The second kappa shape index (κ2) is 8.22. The molecular weight excluding hydrogens is 282 g/mol. The van der Waals surface area contributed by atoms with Crippen LogP contribution in [0.2, 0.25) is 0 Å². The van der Waals surface area contributed by atoms with E-state index in [1.54, 1.807) is 24.3 Å². The quantitative estimate of drug-likeness (QED) is 0.621. The molecule has 0 saturated carbocycles. The Balaban J connectivity index is 1.70. The van der Waals surface area contributed by atoms with Crippen LogP contribution < -0.4 is 10.1 Å². The largest absolute Gasteiger partial charge is 0.494 e. The number of anilines is 1. The second-order valence-corrected chi connectivity index (χ2v) is 5.14. The van der Waals surface area contributed by atoms with Gasteiger partial charge in [0.05, 0.1) is 13.0 Å². The maximum absolute atomic E-state index is 11.7. The Labute approximate surface area is 130 Å². The minimum atomic E-state index is -0.348. The Morgan fingerprint density at radius 1 is 1.27 bits per heavy atom. The molecule has 1 amide bonds. The molecule has 5 nitrogen and oxygen atoms in total. The number of allylic oxidation sites excluding steroid dienone is 2. The smallest absolute Gasteiger partial charge is 0.306 e. The van der Waals surface area contributed by atoms with E-state index in [9.17, 15) is 9.59 Å². The molecule has 0 fully saturated rings. The van der Waals surface area contributed by atoms with Gasteiger partial charge in [-0.25, -0.2) is 0 Å². The summed E-state index contributed by atoms with van der Waals surface area (Å²) in [5, 5.41) is 2.67. The minimum Gasteiger partial charge on any atom is -0.494 e. The van der Waals surface area contributed by atoms with Crippen molar-refractivity contribution < 1.29 is 19.1 Å². The number of carbonyl (C=O) groups excluding carboxylic acids is 2. The van der Waals surface area contributed by atoms with Gasteiger partial charge in [0.1, 0.15) is 5.75 Å². The predicted octanol–water partition coefficient (Wildman–Crippen LogP) is 2.92. The van der Waals surface area contributed by atoms with Gasteiger partial charge < -0.3 is 14.8 Å². The van der Waals surface area contributed by atoms with Crippen LogP contribution in [0, 0.1) is 5.92 Å². The first-order chi connectivity index (χ1) is 10.7. The molecule has 118 valence electrons. The third-order valence-corrected chi connectivity index (χ3v) is 3.35. The van der Waals surface area contributed by atoms with Crippen molar-refractivity contribution in [3.05, 3.63) is 36.4 Å². The first-order valence-corrected chi connectivity index (χ1v) is 7.52. The molecule has 1 N–H and O–H groups in total. The number of carbonyl (C=O) groups is 2. The standard InChI is InChI=1S/C17H21NO4/c1-2-21-15-9-7-14(8-10-15)18-16(19)12-22-17(20)11-13-5-3-4-6-13/h3,5,7-10,13H,2,4,6,11-12H2,1H3,(H,18,19)/t13-/m1/s1. The normalized spacial score (nSPS) is 16.3. The first-order valence-electron chi connectivity index (χ1n) is 7.52. The lowest BCUT2D eigenvalue weighted by atomic mass is 10.1. The molecule has 5 heteroatoms. The molecule has 0 saturated heterocycles. The van der Waals surface area contributed by atoms with Gasteiger partial charge in [0.25, 0.3) is 5.91 Å². The molecule has 0 aromatic heterocycles. The van der Waals surface area contributed by atoms with Gasteiger partial charge in [-0.15, -0.1) is 0 Å². The van der Waals surface area contributed by atoms with Crippen molar-refractivity contribution in [1.82, 2.24) is 0 Å². The summed E-state index contributed by atoms with van der Waals surface area (Å²) in [7, 11) is 0. The van der Waals surface area contributed by atoms with Crippen molar-refractivity contribution in [1.29, 1.82) is 0 Å². The number of ether oxygens (including phenoxy) is 2. The average molecular weight is 303 g/mol. The van der Waals surface area contributed by atoms with Gasteiger partial charge in [0, 0.05) is 5.69 Å². The zero-order chi connectivity index (χ0) is 15.8. The molecule has 2 rings (SSSR count). The minimum absolute atomic E-state index is 0.252. The Kier molecular flexibility index (Phi) is 6.01. The lowest BCUT2D eigenvalue weighted by Gasteiger charge is -2.09. The number of rotatable bonds is 7. The molecule has 0 radical (unpaired) electrons. The maximum atomic E-state index is 11.7. The fourth-order valence-electron chi connectivity index (χ4n) is 2.28. The summed E-state index contributed by atoms with van der Waals surface area (Å²) in [5.74, 6) is 0.316. The molecule has 0 heterocycles. The Hall–Kier alpha value is -2.30. The van der Waals surface area contributed by atoms with Crippen molar-refractivity contribution >= 4 is 17.6 Å². The summed E-state index contributed by atoms with van der Waals surface area (Å²) in [4.78, 5) is 23.4. The van der Waals surface area contributed by atoms with Crippen molar-refractivity contribution in [2.75, 3.05) is 18.5 Å². The lowest BCUT2D eigenvalue weighted by molar-refractivity contribution is -0.147. The Bertz CT molecular complexity index is 536. The summed E-state index contributed by atoms with van der Waals surface area (Å²) >= 11 is 0. The van der Waals surface area contributed by atoms with E-state index in [-0.39, 0.29) is 24.4 Å². The van der Waals surface area contributed by atoms with Crippen LogP contribution in [0.4, 0.5) is 5.69 Å². The van der Waals surface area contributed by atoms with Crippen LogP contribution in [0.5, 0.6) is 5.75 Å². The second-order valence-electron chi connectivity index (χ2n) is 5.14. The highest BCUT2D eigenvalue weighted by Gasteiger charge is 2.16. The number of hydrogen-bond donors (Lipinski definition) is 1. The molecular formula is C17H21NO4. The van der Waals surface area contributed by atoms with Crippen LogP contribution in [-0.2, 0) is 14.3 Å². The molecule has 1 aromatic rings. The summed E-state index contributed by atoms with van der Waals surface area (Å²) in [6, 6.07) is 7.04. The number of nitrogens with one attached hydrogen (secondary N) is 1. The molecule has 1 aliphatic carbocycles. The van der Waals surface area contributed by atoms with Crippen LogP contribution in [0.1, 0.15) is 26.2 Å². The number of esters is 1. The van der Waals surface area contributed by atoms with E-state index < -0.39 is 0 Å². The molecule has 0 spiro atoms. The van der Waals surface area contributed by atoms with Crippen LogP contribution in [0.3, 0.4) is 0 Å². The molecule has 0 unspecified atom stereocenters. The fourth-order valence-corrected chi connectivity index (χ4v) is 2.28. The van der Waals surface area contributed by atoms with Gasteiger partial charge in [-0.2, -0.15) is 0 Å². The molecule has 0 aliphatic heterocycles. The topological polar surface area (TPSA) is 64.6 Å². The van der Waals surface area contributed by atoms with E-state index in [2.05, 4.69) is 11.4 Å².